The van der Waals surface area contributed by atoms with E-state index in [0.717, 1.165) is 31.4 Å². The summed E-state index contributed by atoms with van der Waals surface area (Å²) in [6, 6.07) is 3.22. The molecule has 1 fully saturated rings. The van der Waals surface area contributed by atoms with Crippen LogP contribution in [0.15, 0.2) is 23.1 Å². The molecule has 1 aliphatic rings. The van der Waals surface area contributed by atoms with Gasteiger partial charge in [0, 0.05) is 12.1 Å². The van der Waals surface area contributed by atoms with E-state index >= 15 is 0 Å². The van der Waals surface area contributed by atoms with Crippen molar-refractivity contribution in [3.05, 3.63) is 29.0 Å². The number of nitrogens with two attached hydrogens (primary N) is 1. The maximum absolute atomic E-state index is 13.1. The highest BCUT2D eigenvalue weighted by molar-refractivity contribution is 7.89. The average molecular weight is 329 g/mol. The number of sulfonamides is 1. The van der Waals surface area contributed by atoms with Crippen molar-refractivity contribution in [3.63, 3.8) is 0 Å². The summed E-state index contributed by atoms with van der Waals surface area (Å²) in [6.45, 7) is 0.141. The lowest BCUT2D eigenvalue weighted by atomic mass is 9.78. The van der Waals surface area contributed by atoms with Crippen LogP contribution in [0.2, 0.25) is 5.02 Å². The molecule has 8 heteroatoms. The first-order valence-corrected chi connectivity index (χ1v) is 7.42. The first kappa shape index (κ1) is 16.7. The molecule has 0 spiro atoms. The van der Waals surface area contributed by atoms with Crippen molar-refractivity contribution in [2.75, 3.05) is 6.54 Å². The molecule has 0 atom stereocenters. The molecule has 0 aliphatic heterocycles. The fraction of sp³-hybridized carbons (Fsp3) is 0.455. The van der Waals surface area contributed by atoms with Gasteiger partial charge in [-0.25, -0.2) is 17.5 Å². The molecule has 0 radical (unpaired) electrons. The van der Waals surface area contributed by atoms with Crippen LogP contribution in [-0.2, 0) is 10.0 Å². The first-order chi connectivity index (χ1) is 8.32. The summed E-state index contributed by atoms with van der Waals surface area (Å²) >= 11 is 5.76. The molecule has 0 saturated heterocycles. The first-order valence-electron chi connectivity index (χ1n) is 5.56. The molecule has 0 bridgehead atoms. The summed E-state index contributed by atoms with van der Waals surface area (Å²) < 4.78 is 39.4. The van der Waals surface area contributed by atoms with Crippen LogP contribution >= 0.6 is 24.0 Å². The topological polar surface area (TPSA) is 72.2 Å². The summed E-state index contributed by atoms with van der Waals surface area (Å²) in [6.07, 6.45) is 2.57. The lowest BCUT2D eigenvalue weighted by Gasteiger charge is -2.38. The van der Waals surface area contributed by atoms with Crippen molar-refractivity contribution in [2.45, 2.75) is 29.7 Å². The normalized spacial score (nSPS) is 17.4. The van der Waals surface area contributed by atoms with E-state index in [1.165, 1.54) is 6.07 Å². The molecule has 0 amide bonds. The van der Waals surface area contributed by atoms with Crippen LogP contribution in [0.4, 0.5) is 4.39 Å². The van der Waals surface area contributed by atoms with Gasteiger partial charge >= 0.3 is 0 Å². The molecule has 1 aliphatic carbocycles. The predicted molar refractivity (Wildman–Crippen MR) is 74.6 cm³/mol. The molecular weight excluding hydrogens is 314 g/mol. The SMILES string of the molecule is Cl.NC1(CNS(=O)(=O)c2cc(F)ccc2Cl)CCC1. The van der Waals surface area contributed by atoms with E-state index in [0.29, 0.717) is 0 Å². The van der Waals surface area contributed by atoms with Crippen LogP contribution in [0.25, 0.3) is 0 Å². The fourth-order valence-corrected chi connectivity index (χ4v) is 3.46. The van der Waals surface area contributed by atoms with Gasteiger partial charge in [-0.2, -0.15) is 0 Å². The summed E-state index contributed by atoms with van der Waals surface area (Å²) in [5, 5.41) is -0.0106. The number of benzene rings is 1. The van der Waals surface area contributed by atoms with Crippen LogP contribution in [-0.4, -0.2) is 20.5 Å². The summed E-state index contributed by atoms with van der Waals surface area (Å²) in [5.74, 6) is -0.647. The molecular formula is C11H15Cl2FN2O2S. The van der Waals surface area contributed by atoms with Crippen LogP contribution in [0, 0.1) is 5.82 Å². The maximum atomic E-state index is 13.1. The van der Waals surface area contributed by atoms with E-state index in [1.807, 2.05) is 0 Å². The molecule has 1 saturated carbocycles. The van der Waals surface area contributed by atoms with Gasteiger partial charge in [-0.1, -0.05) is 11.6 Å². The predicted octanol–water partition coefficient (Wildman–Crippen LogP) is 2.06. The second kappa shape index (κ2) is 5.93. The second-order valence-electron chi connectivity index (χ2n) is 4.62. The van der Waals surface area contributed by atoms with Crippen molar-refractivity contribution in [3.8, 4) is 0 Å². The number of nitrogens with one attached hydrogen (secondary N) is 1. The molecule has 1 aromatic carbocycles. The third-order valence-electron chi connectivity index (χ3n) is 3.15. The highest BCUT2D eigenvalue weighted by Gasteiger charge is 2.34. The minimum Gasteiger partial charge on any atom is -0.324 e. The van der Waals surface area contributed by atoms with Crippen molar-refractivity contribution in [2.24, 2.45) is 5.73 Å². The Kier molecular flexibility index (Phi) is 5.20. The fourth-order valence-electron chi connectivity index (χ4n) is 1.81. The molecule has 3 N–H and O–H groups in total. The van der Waals surface area contributed by atoms with E-state index in [-0.39, 0.29) is 28.9 Å². The molecule has 1 aromatic rings. The minimum absolute atomic E-state index is 0. The zero-order valence-electron chi connectivity index (χ0n) is 10.0. The number of hydrogen-bond acceptors (Lipinski definition) is 3. The summed E-state index contributed by atoms with van der Waals surface area (Å²) in [4.78, 5) is -0.257. The van der Waals surface area contributed by atoms with Gasteiger partial charge in [0.2, 0.25) is 10.0 Å². The van der Waals surface area contributed by atoms with Crippen LogP contribution in [0.1, 0.15) is 19.3 Å². The summed E-state index contributed by atoms with van der Waals surface area (Å²) in [7, 11) is -3.82. The van der Waals surface area contributed by atoms with Gasteiger partial charge in [0.1, 0.15) is 10.7 Å². The van der Waals surface area contributed by atoms with E-state index in [2.05, 4.69) is 4.72 Å². The highest BCUT2D eigenvalue weighted by atomic mass is 35.5. The lowest BCUT2D eigenvalue weighted by Crippen LogP contribution is -2.54. The Bertz CT molecular complexity index is 562. The van der Waals surface area contributed by atoms with Crippen molar-refractivity contribution >= 4 is 34.0 Å². The molecule has 0 unspecified atom stereocenters. The van der Waals surface area contributed by atoms with Crippen LogP contribution < -0.4 is 10.5 Å². The average Bonchev–Trinajstić information content (AvgIpc) is 2.27. The molecule has 108 valence electrons. The highest BCUT2D eigenvalue weighted by Crippen LogP contribution is 2.29. The van der Waals surface area contributed by atoms with E-state index < -0.39 is 21.4 Å². The maximum Gasteiger partial charge on any atom is 0.242 e. The van der Waals surface area contributed by atoms with Gasteiger partial charge < -0.3 is 5.73 Å². The third-order valence-corrected chi connectivity index (χ3v) is 5.03. The van der Waals surface area contributed by atoms with Gasteiger partial charge in [0.25, 0.3) is 0 Å². The Morgan fingerprint density at radius 2 is 2.05 bits per heavy atom. The van der Waals surface area contributed by atoms with Gasteiger partial charge in [-0.15, -0.1) is 12.4 Å². The van der Waals surface area contributed by atoms with Gasteiger partial charge in [-0.05, 0) is 37.5 Å². The van der Waals surface area contributed by atoms with Gasteiger partial charge in [0.05, 0.1) is 5.02 Å². The molecule has 0 aromatic heterocycles. The zero-order chi connectivity index (χ0) is 13.4. The Morgan fingerprint density at radius 3 is 2.58 bits per heavy atom. The van der Waals surface area contributed by atoms with Crippen LogP contribution in [0.5, 0.6) is 0 Å². The number of hydrogen-bond donors (Lipinski definition) is 2. The Balaban J connectivity index is 0.00000180. The Morgan fingerprint density at radius 1 is 1.42 bits per heavy atom. The van der Waals surface area contributed by atoms with E-state index in [4.69, 9.17) is 17.3 Å². The Hall–Kier alpha value is -0.400. The largest absolute Gasteiger partial charge is 0.324 e. The number of halogens is 3. The zero-order valence-corrected chi connectivity index (χ0v) is 12.4. The second-order valence-corrected chi connectivity index (χ2v) is 6.76. The van der Waals surface area contributed by atoms with Gasteiger partial charge in [-0.3, -0.25) is 0 Å². The third kappa shape index (κ3) is 3.79. The summed E-state index contributed by atoms with van der Waals surface area (Å²) in [5.41, 5.74) is 5.44. The molecule has 19 heavy (non-hydrogen) atoms. The lowest BCUT2D eigenvalue weighted by molar-refractivity contribution is 0.251. The van der Waals surface area contributed by atoms with E-state index in [1.54, 1.807) is 0 Å². The molecule has 2 rings (SSSR count). The Labute approximate surface area is 123 Å². The standard InChI is InChI=1S/C11H14ClFN2O2S.ClH/c12-9-3-2-8(13)6-10(9)18(16,17)15-7-11(14)4-1-5-11;/h2-3,6,15H,1,4-5,7,14H2;1H. The van der Waals surface area contributed by atoms with E-state index in [9.17, 15) is 12.8 Å². The quantitative estimate of drug-likeness (QED) is 0.888. The smallest absolute Gasteiger partial charge is 0.242 e. The molecule has 0 heterocycles. The van der Waals surface area contributed by atoms with Gasteiger partial charge in [0.15, 0.2) is 0 Å². The van der Waals surface area contributed by atoms with Crippen molar-refractivity contribution in [1.29, 1.82) is 0 Å². The monoisotopic (exact) mass is 328 g/mol. The van der Waals surface area contributed by atoms with Crippen molar-refractivity contribution < 1.29 is 12.8 Å². The molecule has 4 nitrogen and oxygen atoms in total. The minimum atomic E-state index is -3.82. The van der Waals surface area contributed by atoms with Crippen LogP contribution in [0.3, 0.4) is 0 Å². The van der Waals surface area contributed by atoms with Crippen molar-refractivity contribution in [1.82, 2.24) is 4.72 Å². The number of rotatable bonds is 4.